The molecule has 0 aliphatic rings. The molecule has 0 bridgehead atoms. The van der Waals surface area contributed by atoms with Crippen molar-refractivity contribution in [2.75, 3.05) is 0 Å². The van der Waals surface area contributed by atoms with E-state index >= 15 is 0 Å². The first-order valence-corrected chi connectivity index (χ1v) is 7.00. The van der Waals surface area contributed by atoms with Gasteiger partial charge in [0.05, 0.1) is 0 Å². The molecule has 0 aliphatic carbocycles. The standard InChI is InChI=1S/C17H20ClN/c1-12-7-6-8-15(13(12)2)11-19-14(3)16-9-4-5-10-17(16)18/h4-10,14,19H,11H2,1-3H3/t14-/m0/s1. The van der Waals surface area contributed by atoms with E-state index in [-0.39, 0.29) is 6.04 Å². The molecule has 0 saturated heterocycles. The van der Waals surface area contributed by atoms with Crippen LogP contribution in [0.25, 0.3) is 0 Å². The topological polar surface area (TPSA) is 12.0 Å². The van der Waals surface area contributed by atoms with E-state index in [0.29, 0.717) is 0 Å². The summed E-state index contributed by atoms with van der Waals surface area (Å²) in [6, 6.07) is 14.7. The summed E-state index contributed by atoms with van der Waals surface area (Å²) in [6.07, 6.45) is 0. The summed E-state index contributed by atoms with van der Waals surface area (Å²) in [5.41, 5.74) is 5.19. The Morgan fingerprint density at radius 1 is 1.05 bits per heavy atom. The molecule has 0 radical (unpaired) electrons. The normalized spacial score (nSPS) is 12.4. The second-order valence-corrected chi connectivity index (χ2v) is 5.39. The number of aryl methyl sites for hydroxylation is 1. The molecule has 0 aromatic heterocycles. The Morgan fingerprint density at radius 2 is 1.79 bits per heavy atom. The highest BCUT2D eigenvalue weighted by molar-refractivity contribution is 6.31. The zero-order valence-corrected chi connectivity index (χ0v) is 12.5. The predicted octanol–water partition coefficient (Wildman–Crippen LogP) is 4.81. The lowest BCUT2D eigenvalue weighted by Gasteiger charge is -2.17. The van der Waals surface area contributed by atoms with Gasteiger partial charge in [-0.2, -0.15) is 0 Å². The van der Waals surface area contributed by atoms with Crippen LogP contribution in [0.5, 0.6) is 0 Å². The van der Waals surface area contributed by atoms with Gasteiger partial charge >= 0.3 is 0 Å². The fourth-order valence-corrected chi connectivity index (χ4v) is 2.50. The minimum absolute atomic E-state index is 0.244. The first-order valence-electron chi connectivity index (χ1n) is 6.62. The van der Waals surface area contributed by atoms with Gasteiger partial charge in [0.15, 0.2) is 0 Å². The van der Waals surface area contributed by atoms with Crippen LogP contribution < -0.4 is 5.32 Å². The number of rotatable bonds is 4. The Labute approximate surface area is 120 Å². The summed E-state index contributed by atoms with van der Waals surface area (Å²) in [7, 11) is 0. The summed E-state index contributed by atoms with van der Waals surface area (Å²) in [4.78, 5) is 0. The molecular weight excluding hydrogens is 254 g/mol. The van der Waals surface area contributed by atoms with E-state index in [1.165, 1.54) is 16.7 Å². The van der Waals surface area contributed by atoms with Gasteiger partial charge in [0, 0.05) is 17.6 Å². The Kier molecular flexibility index (Phi) is 4.62. The van der Waals surface area contributed by atoms with Crippen molar-refractivity contribution >= 4 is 11.6 Å². The second kappa shape index (κ2) is 6.23. The van der Waals surface area contributed by atoms with Crippen LogP contribution in [0.1, 0.15) is 35.2 Å². The molecule has 1 atom stereocenters. The number of halogens is 1. The van der Waals surface area contributed by atoms with Crippen molar-refractivity contribution in [3.8, 4) is 0 Å². The molecule has 2 aromatic rings. The van der Waals surface area contributed by atoms with Crippen LogP contribution in [0, 0.1) is 13.8 Å². The summed E-state index contributed by atoms with van der Waals surface area (Å²) >= 11 is 6.22. The summed E-state index contributed by atoms with van der Waals surface area (Å²) in [5.74, 6) is 0. The average Bonchev–Trinajstić information content (AvgIpc) is 2.40. The van der Waals surface area contributed by atoms with E-state index in [1.54, 1.807) is 0 Å². The monoisotopic (exact) mass is 273 g/mol. The van der Waals surface area contributed by atoms with Crippen LogP contribution in [0.2, 0.25) is 5.02 Å². The number of hydrogen-bond donors (Lipinski definition) is 1. The molecule has 0 amide bonds. The first kappa shape index (κ1) is 14.1. The van der Waals surface area contributed by atoms with Gasteiger partial charge < -0.3 is 5.32 Å². The maximum absolute atomic E-state index is 6.22. The minimum Gasteiger partial charge on any atom is -0.306 e. The van der Waals surface area contributed by atoms with Gasteiger partial charge in [-0.05, 0) is 49.1 Å². The minimum atomic E-state index is 0.244. The van der Waals surface area contributed by atoms with Crippen LogP contribution in [-0.4, -0.2) is 0 Å². The maximum atomic E-state index is 6.22. The highest BCUT2D eigenvalue weighted by Gasteiger charge is 2.09. The third-order valence-electron chi connectivity index (χ3n) is 3.69. The SMILES string of the molecule is Cc1cccc(CN[C@@H](C)c2ccccc2Cl)c1C. The second-order valence-electron chi connectivity index (χ2n) is 4.98. The fourth-order valence-electron chi connectivity index (χ4n) is 2.20. The number of benzene rings is 2. The highest BCUT2D eigenvalue weighted by atomic mass is 35.5. The van der Waals surface area contributed by atoms with E-state index in [0.717, 1.165) is 17.1 Å². The Bertz CT molecular complexity index is 563. The van der Waals surface area contributed by atoms with Gasteiger partial charge in [-0.25, -0.2) is 0 Å². The molecule has 2 aromatic carbocycles. The Hall–Kier alpha value is -1.31. The van der Waals surface area contributed by atoms with E-state index in [4.69, 9.17) is 11.6 Å². The predicted molar refractivity (Wildman–Crippen MR) is 82.6 cm³/mol. The first-order chi connectivity index (χ1) is 9.09. The Balaban J connectivity index is 2.07. The van der Waals surface area contributed by atoms with Crippen molar-refractivity contribution in [1.29, 1.82) is 0 Å². The molecule has 2 heteroatoms. The summed E-state index contributed by atoms with van der Waals surface area (Å²) < 4.78 is 0. The number of nitrogens with one attached hydrogen (secondary N) is 1. The lowest BCUT2D eigenvalue weighted by molar-refractivity contribution is 0.573. The van der Waals surface area contributed by atoms with Gasteiger partial charge in [0.25, 0.3) is 0 Å². The van der Waals surface area contributed by atoms with Crippen molar-refractivity contribution < 1.29 is 0 Å². The van der Waals surface area contributed by atoms with Crippen molar-refractivity contribution in [3.05, 3.63) is 69.7 Å². The van der Waals surface area contributed by atoms with E-state index in [2.05, 4.69) is 50.4 Å². The molecule has 19 heavy (non-hydrogen) atoms. The van der Waals surface area contributed by atoms with Crippen molar-refractivity contribution in [2.45, 2.75) is 33.4 Å². The molecule has 0 saturated carbocycles. The molecule has 2 rings (SSSR count). The van der Waals surface area contributed by atoms with Crippen molar-refractivity contribution in [1.82, 2.24) is 5.32 Å². The zero-order valence-electron chi connectivity index (χ0n) is 11.7. The van der Waals surface area contributed by atoms with Crippen molar-refractivity contribution in [2.24, 2.45) is 0 Å². The smallest absolute Gasteiger partial charge is 0.0453 e. The van der Waals surface area contributed by atoms with Crippen LogP contribution in [0.4, 0.5) is 0 Å². The lowest BCUT2D eigenvalue weighted by Crippen LogP contribution is -2.19. The van der Waals surface area contributed by atoms with Gasteiger partial charge in [0.2, 0.25) is 0 Å². The fraction of sp³-hybridized carbons (Fsp3) is 0.294. The van der Waals surface area contributed by atoms with Gasteiger partial charge in [-0.1, -0.05) is 48.0 Å². The molecule has 0 aliphatic heterocycles. The van der Waals surface area contributed by atoms with Crippen LogP contribution in [0.3, 0.4) is 0 Å². The quantitative estimate of drug-likeness (QED) is 0.843. The molecule has 0 heterocycles. The molecular formula is C17H20ClN. The summed E-state index contributed by atoms with van der Waals surface area (Å²) in [6.45, 7) is 7.33. The largest absolute Gasteiger partial charge is 0.306 e. The maximum Gasteiger partial charge on any atom is 0.0453 e. The van der Waals surface area contributed by atoms with Gasteiger partial charge in [-0.15, -0.1) is 0 Å². The molecule has 1 nitrogen and oxygen atoms in total. The van der Waals surface area contributed by atoms with E-state index in [1.807, 2.05) is 18.2 Å². The van der Waals surface area contributed by atoms with Gasteiger partial charge in [0.1, 0.15) is 0 Å². The van der Waals surface area contributed by atoms with Crippen LogP contribution >= 0.6 is 11.6 Å². The van der Waals surface area contributed by atoms with Crippen LogP contribution in [0.15, 0.2) is 42.5 Å². The number of hydrogen-bond acceptors (Lipinski definition) is 1. The van der Waals surface area contributed by atoms with Crippen molar-refractivity contribution in [3.63, 3.8) is 0 Å². The van der Waals surface area contributed by atoms with Gasteiger partial charge in [-0.3, -0.25) is 0 Å². The molecule has 0 unspecified atom stereocenters. The third-order valence-corrected chi connectivity index (χ3v) is 4.03. The van der Waals surface area contributed by atoms with E-state index in [9.17, 15) is 0 Å². The zero-order chi connectivity index (χ0) is 13.8. The van der Waals surface area contributed by atoms with E-state index < -0.39 is 0 Å². The Morgan fingerprint density at radius 3 is 2.53 bits per heavy atom. The summed E-state index contributed by atoms with van der Waals surface area (Å²) in [5, 5.41) is 4.36. The average molecular weight is 274 g/mol. The lowest BCUT2D eigenvalue weighted by atomic mass is 10.0. The molecule has 1 N–H and O–H groups in total. The highest BCUT2D eigenvalue weighted by Crippen LogP contribution is 2.23. The molecule has 100 valence electrons. The molecule has 0 fully saturated rings. The third kappa shape index (κ3) is 3.37. The van der Waals surface area contributed by atoms with Crippen LogP contribution in [-0.2, 0) is 6.54 Å². The molecule has 0 spiro atoms.